The molecule has 1 saturated heterocycles. The Labute approximate surface area is 249 Å². The summed E-state index contributed by atoms with van der Waals surface area (Å²) in [6, 6.07) is 6.56. The molecule has 42 heavy (non-hydrogen) atoms. The number of methoxy groups -OCH3 is 1. The smallest absolute Gasteiger partial charge is 0.318 e. The number of nitrogens with one attached hydrogen (secondary N) is 2. The number of likely N-dealkylation sites (tertiary alicyclic amines) is 1. The molecule has 10 nitrogen and oxygen atoms in total. The van der Waals surface area contributed by atoms with Crippen LogP contribution in [0.3, 0.4) is 0 Å². The molecule has 2 N–H and O–H groups in total. The van der Waals surface area contributed by atoms with E-state index in [1.807, 2.05) is 43.0 Å². The fourth-order valence-electron chi connectivity index (χ4n) is 6.57. The van der Waals surface area contributed by atoms with Gasteiger partial charge in [0.05, 0.1) is 25.5 Å². The third-order valence-corrected chi connectivity index (χ3v) is 9.11. The Balaban J connectivity index is 1.48. The summed E-state index contributed by atoms with van der Waals surface area (Å²) < 4.78 is 10.9. The SMILES string of the molecule is CCOC(=O)C1(C2CCCCC2)CCN(C(=O)C(Cc2ccc(OC)cc2)NC(=O)N(CC)CCc2cnc[nH]2)CC1. The van der Waals surface area contributed by atoms with Gasteiger partial charge in [-0.25, -0.2) is 9.78 Å². The Morgan fingerprint density at radius 2 is 1.83 bits per heavy atom. The third kappa shape index (κ3) is 7.63. The quantitative estimate of drug-likeness (QED) is 0.360. The van der Waals surface area contributed by atoms with E-state index in [1.165, 1.54) is 6.42 Å². The van der Waals surface area contributed by atoms with Crippen LogP contribution in [0.2, 0.25) is 0 Å². The first-order valence-electron chi connectivity index (χ1n) is 15.5. The lowest BCUT2D eigenvalue weighted by Crippen LogP contribution is -2.57. The maximum Gasteiger partial charge on any atom is 0.318 e. The zero-order valence-electron chi connectivity index (χ0n) is 25.4. The van der Waals surface area contributed by atoms with Crippen molar-refractivity contribution in [3.8, 4) is 5.75 Å². The summed E-state index contributed by atoms with van der Waals surface area (Å²) in [7, 11) is 1.62. The minimum Gasteiger partial charge on any atom is -0.497 e. The molecule has 1 aliphatic carbocycles. The molecule has 1 aromatic heterocycles. The number of rotatable bonds is 12. The molecule has 2 aromatic rings. The van der Waals surface area contributed by atoms with E-state index in [0.29, 0.717) is 64.4 Å². The van der Waals surface area contributed by atoms with Crippen LogP contribution in [0.25, 0.3) is 0 Å². The van der Waals surface area contributed by atoms with Gasteiger partial charge in [-0.2, -0.15) is 0 Å². The van der Waals surface area contributed by atoms with Crippen molar-refractivity contribution in [3.05, 3.63) is 48.0 Å². The predicted octanol–water partition coefficient (Wildman–Crippen LogP) is 4.36. The maximum atomic E-state index is 14.0. The topological polar surface area (TPSA) is 117 Å². The van der Waals surface area contributed by atoms with Crippen molar-refractivity contribution < 1.29 is 23.9 Å². The van der Waals surface area contributed by atoms with Gasteiger partial charge in [0.15, 0.2) is 0 Å². The maximum absolute atomic E-state index is 14.0. The Hall–Kier alpha value is -3.56. The number of aromatic amines is 1. The van der Waals surface area contributed by atoms with Gasteiger partial charge < -0.3 is 29.6 Å². The molecule has 2 fully saturated rings. The molecule has 0 bridgehead atoms. The van der Waals surface area contributed by atoms with Crippen LogP contribution in [0.5, 0.6) is 5.75 Å². The highest BCUT2D eigenvalue weighted by molar-refractivity contribution is 5.88. The standard InChI is InChI=1S/C32H47N5O5/c1-4-36(18-15-26-22-33-23-34-26)31(40)35-28(21-24-11-13-27(41-3)14-12-24)29(38)37-19-16-32(17-20-37,30(39)42-5-2)25-9-7-6-8-10-25/h11-14,22-23,25,28H,4-10,15-21H2,1-3H3,(H,33,34)(H,35,40). The van der Waals surface area contributed by atoms with Crippen LogP contribution in [-0.2, 0) is 27.2 Å². The van der Waals surface area contributed by atoms with Crippen molar-refractivity contribution in [2.75, 3.05) is 39.9 Å². The molecular weight excluding hydrogens is 534 g/mol. The summed E-state index contributed by atoms with van der Waals surface area (Å²) >= 11 is 0. The first-order valence-corrected chi connectivity index (χ1v) is 15.5. The molecule has 1 unspecified atom stereocenters. The number of aromatic nitrogens is 2. The molecule has 1 aliphatic heterocycles. The largest absolute Gasteiger partial charge is 0.497 e. The number of nitrogens with zero attached hydrogens (tertiary/aromatic N) is 3. The summed E-state index contributed by atoms with van der Waals surface area (Å²) in [6.07, 6.45) is 11.1. The lowest BCUT2D eigenvalue weighted by Gasteiger charge is -2.46. The normalized spacial score (nSPS) is 17.7. The van der Waals surface area contributed by atoms with Gasteiger partial charge in [-0.1, -0.05) is 31.4 Å². The number of carbonyl (C=O) groups excluding carboxylic acids is 3. The number of piperidine rings is 1. The molecule has 2 heterocycles. The fraction of sp³-hybridized carbons (Fsp3) is 0.625. The Morgan fingerprint density at radius 1 is 1.12 bits per heavy atom. The van der Waals surface area contributed by atoms with Crippen LogP contribution in [-0.4, -0.2) is 83.6 Å². The number of H-pyrrole nitrogens is 1. The van der Waals surface area contributed by atoms with E-state index in [4.69, 9.17) is 9.47 Å². The van der Waals surface area contributed by atoms with Gasteiger partial charge in [-0.15, -0.1) is 0 Å². The molecule has 1 atom stereocenters. The summed E-state index contributed by atoms with van der Waals surface area (Å²) in [5.41, 5.74) is 1.34. The number of ether oxygens (including phenoxy) is 2. The average molecular weight is 582 g/mol. The van der Waals surface area contributed by atoms with Gasteiger partial charge in [-0.05, 0) is 63.1 Å². The molecule has 1 saturated carbocycles. The minimum absolute atomic E-state index is 0.108. The van der Waals surface area contributed by atoms with Crippen LogP contribution in [0.15, 0.2) is 36.8 Å². The number of likely N-dealkylation sites (N-methyl/N-ethyl adjacent to an activating group) is 1. The van der Waals surface area contributed by atoms with Gasteiger partial charge in [0.25, 0.3) is 0 Å². The number of hydrogen-bond donors (Lipinski definition) is 2. The van der Waals surface area contributed by atoms with Crippen molar-refractivity contribution in [3.63, 3.8) is 0 Å². The van der Waals surface area contributed by atoms with Crippen LogP contribution < -0.4 is 10.1 Å². The predicted molar refractivity (Wildman–Crippen MR) is 160 cm³/mol. The molecule has 3 amide bonds. The summed E-state index contributed by atoms with van der Waals surface area (Å²) in [5, 5.41) is 3.05. The number of benzene rings is 1. The molecule has 2 aliphatic rings. The molecule has 4 rings (SSSR count). The lowest BCUT2D eigenvalue weighted by molar-refractivity contribution is -0.166. The van der Waals surface area contributed by atoms with Gasteiger partial charge in [0, 0.05) is 50.9 Å². The highest BCUT2D eigenvalue weighted by Crippen LogP contribution is 2.47. The second-order valence-electron chi connectivity index (χ2n) is 11.5. The number of esters is 1. The number of imidazole rings is 1. The monoisotopic (exact) mass is 581 g/mol. The summed E-state index contributed by atoms with van der Waals surface area (Å²) in [5.74, 6) is 0.800. The van der Waals surface area contributed by atoms with Crippen molar-refractivity contribution in [2.24, 2.45) is 11.3 Å². The van der Waals surface area contributed by atoms with Crippen molar-refractivity contribution in [1.29, 1.82) is 0 Å². The van der Waals surface area contributed by atoms with Gasteiger partial charge in [0.2, 0.25) is 5.91 Å². The zero-order chi connectivity index (χ0) is 30.0. The Bertz CT molecular complexity index is 1140. The zero-order valence-corrected chi connectivity index (χ0v) is 25.4. The molecule has 10 heteroatoms. The van der Waals surface area contributed by atoms with E-state index in [0.717, 1.165) is 42.7 Å². The molecular formula is C32H47N5O5. The van der Waals surface area contributed by atoms with Crippen molar-refractivity contribution in [1.82, 2.24) is 25.1 Å². The molecule has 1 aromatic carbocycles. The third-order valence-electron chi connectivity index (χ3n) is 9.11. The van der Waals surface area contributed by atoms with Crippen molar-refractivity contribution >= 4 is 17.9 Å². The van der Waals surface area contributed by atoms with E-state index < -0.39 is 11.5 Å². The van der Waals surface area contributed by atoms with E-state index in [9.17, 15) is 14.4 Å². The fourth-order valence-corrected chi connectivity index (χ4v) is 6.57. The number of amides is 3. The first-order chi connectivity index (χ1) is 20.4. The van der Waals surface area contributed by atoms with Gasteiger partial charge in [0.1, 0.15) is 11.8 Å². The second kappa shape index (κ2) is 15.1. The van der Waals surface area contributed by atoms with Crippen LogP contribution in [0.4, 0.5) is 4.79 Å². The first kappa shape index (κ1) is 31.4. The molecule has 230 valence electrons. The van der Waals surface area contributed by atoms with E-state index in [1.54, 1.807) is 24.5 Å². The van der Waals surface area contributed by atoms with E-state index in [2.05, 4.69) is 15.3 Å². The minimum atomic E-state index is -0.739. The van der Waals surface area contributed by atoms with Crippen molar-refractivity contribution in [2.45, 2.75) is 77.7 Å². The van der Waals surface area contributed by atoms with Crippen LogP contribution in [0, 0.1) is 11.3 Å². The van der Waals surface area contributed by atoms with Crippen LogP contribution in [0.1, 0.15) is 70.1 Å². The lowest BCUT2D eigenvalue weighted by atomic mass is 9.63. The Morgan fingerprint density at radius 3 is 2.43 bits per heavy atom. The van der Waals surface area contributed by atoms with Crippen LogP contribution >= 0.6 is 0 Å². The molecule has 0 spiro atoms. The Kier molecular flexibility index (Phi) is 11.3. The van der Waals surface area contributed by atoms with Gasteiger partial charge >= 0.3 is 12.0 Å². The van der Waals surface area contributed by atoms with E-state index in [-0.39, 0.29) is 17.9 Å². The second-order valence-corrected chi connectivity index (χ2v) is 11.5. The highest BCUT2D eigenvalue weighted by atomic mass is 16.5. The number of urea groups is 1. The summed E-state index contributed by atoms with van der Waals surface area (Å²) in [4.78, 5) is 51.4. The van der Waals surface area contributed by atoms with E-state index >= 15 is 0 Å². The molecule has 0 radical (unpaired) electrons. The highest BCUT2D eigenvalue weighted by Gasteiger charge is 2.49. The number of carbonyl (C=O) groups is 3. The average Bonchev–Trinajstić information content (AvgIpc) is 3.55. The number of hydrogen-bond acceptors (Lipinski definition) is 6. The summed E-state index contributed by atoms with van der Waals surface area (Å²) in [6.45, 7) is 6.10. The van der Waals surface area contributed by atoms with Gasteiger partial charge in [-0.3, -0.25) is 9.59 Å².